The van der Waals surface area contributed by atoms with Gasteiger partial charge in [-0.1, -0.05) is 0 Å². The van der Waals surface area contributed by atoms with Crippen LogP contribution >= 0.6 is 0 Å². The highest BCUT2D eigenvalue weighted by Crippen LogP contribution is 1.53. The van der Waals surface area contributed by atoms with Crippen molar-refractivity contribution in [1.29, 1.82) is 0 Å². The molecule has 0 saturated carbocycles. The third kappa shape index (κ3) is 5.39. The molecule has 7 heavy (non-hydrogen) atoms. The summed E-state index contributed by atoms with van der Waals surface area (Å²) in [6.45, 7) is 0.832. The van der Waals surface area contributed by atoms with E-state index < -0.39 is 0 Å². The van der Waals surface area contributed by atoms with E-state index in [4.69, 9.17) is 0 Å². The monoisotopic (exact) mass is 104 g/mol. The summed E-state index contributed by atoms with van der Waals surface area (Å²) in [7, 11) is 0. The molecule has 0 unspecified atom stereocenters. The van der Waals surface area contributed by atoms with E-state index in [1.165, 1.54) is 0 Å². The second-order valence-electron chi connectivity index (χ2n) is 0.943. The van der Waals surface area contributed by atoms with Gasteiger partial charge in [0.25, 0.3) is 0 Å². The summed E-state index contributed by atoms with van der Waals surface area (Å²) in [4.78, 5) is 13.6. The number of carbonyl (C=O) groups excluding carboxylic acids is 1. The molecule has 1 amide bonds. The Bertz CT molecular complexity index is 48.2. The van der Waals surface area contributed by atoms with E-state index in [9.17, 15) is 4.79 Å². The first-order valence-corrected chi connectivity index (χ1v) is 1.90. The average Bonchev–Trinajstić information content (AvgIpc) is 1.69. The molecule has 0 bridgehead atoms. The van der Waals surface area contributed by atoms with Crippen LogP contribution in [0.2, 0.25) is 0 Å². The molecule has 0 saturated heterocycles. The van der Waals surface area contributed by atoms with Crippen molar-refractivity contribution < 1.29 is 9.63 Å². The first-order chi connectivity index (χ1) is 3.41. The lowest BCUT2D eigenvalue weighted by atomic mass is 10.7. The SMILES string of the molecule is NOCCNC=O. The van der Waals surface area contributed by atoms with Gasteiger partial charge in [-0.2, -0.15) is 0 Å². The van der Waals surface area contributed by atoms with Gasteiger partial charge in [-0.25, -0.2) is 5.90 Å². The fourth-order valence-electron chi connectivity index (χ4n) is 0.177. The molecule has 4 nitrogen and oxygen atoms in total. The van der Waals surface area contributed by atoms with Crippen LogP contribution in [-0.2, 0) is 9.63 Å². The van der Waals surface area contributed by atoms with Crippen molar-refractivity contribution in [2.45, 2.75) is 0 Å². The molecular weight excluding hydrogens is 96.0 g/mol. The van der Waals surface area contributed by atoms with Gasteiger partial charge >= 0.3 is 0 Å². The normalized spacial score (nSPS) is 8.14. The second kappa shape index (κ2) is 5.39. The second-order valence-corrected chi connectivity index (χ2v) is 0.943. The predicted molar refractivity (Wildman–Crippen MR) is 24.2 cm³/mol. The van der Waals surface area contributed by atoms with Crippen LogP contribution in [0.4, 0.5) is 0 Å². The van der Waals surface area contributed by atoms with E-state index >= 15 is 0 Å². The quantitative estimate of drug-likeness (QED) is 0.262. The highest BCUT2D eigenvalue weighted by atomic mass is 16.6. The summed E-state index contributed by atoms with van der Waals surface area (Å²) in [6, 6.07) is 0. The molecule has 3 N–H and O–H groups in total. The molecule has 0 aromatic carbocycles. The van der Waals surface area contributed by atoms with Crippen molar-refractivity contribution in [3.05, 3.63) is 0 Å². The van der Waals surface area contributed by atoms with Gasteiger partial charge in [0.15, 0.2) is 0 Å². The Labute approximate surface area is 41.6 Å². The maximum absolute atomic E-state index is 9.47. The fourth-order valence-corrected chi connectivity index (χ4v) is 0.177. The molecule has 0 heterocycles. The highest BCUT2D eigenvalue weighted by Gasteiger charge is 1.76. The molecule has 0 aliphatic carbocycles. The highest BCUT2D eigenvalue weighted by molar-refractivity contribution is 5.45. The van der Waals surface area contributed by atoms with Crippen LogP contribution in [0, 0.1) is 0 Å². The first kappa shape index (κ1) is 6.39. The van der Waals surface area contributed by atoms with E-state index in [0.717, 1.165) is 0 Å². The number of rotatable bonds is 4. The van der Waals surface area contributed by atoms with Crippen molar-refractivity contribution >= 4 is 6.41 Å². The van der Waals surface area contributed by atoms with Crippen LogP contribution in [0.1, 0.15) is 0 Å². The van der Waals surface area contributed by atoms with Gasteiger partial charge in [0.05, 0.1) is 6.61 Å². The van der Waals surface area contributed by atoms with Crippen molar-refractivity contribution in [1.82, 2.24) is 5.32 Å². The minimum absolute atomic E-state index is 0.360. The van der Waals surface area contributed by atoms with E-state index in [2.05, 4.69) is 16.1 Å². The number of hydrogen-bond donors (Lipinski definition) is 2. The van der Waals surface area contributed by atoms with Gasteiger partial charge in [0, 0.05) is 6.54 Å². The summed E-state index contributed by atoms with van der Waals surface area (Å²) in [5.41, 5.74) is 0. The molecule has 0 aromatic rings. The molecule has 0 fully saturated rings. The minimum Gasteiger partial charge on any atom is -0.356 e. The number of amides is 1. The minimum atomic E-state index is 0.360. The molecule has 0 aliphatic heterocycles. The van der Waals surface area contributed by atoms with Gasteiger partial charge < -0.3 is 10.2 Å². The smallest absolute Gasteiger partial charge is 0.207 e. The molecule has 0 aromatic heterocycles. The van der Waals surface area contributed by atoms with Gasteiger partial charge in [-0.3, -0.25) is 4.79 Å². The van der Waals surface area contributed by atoms with Crippen molar-refractivity contribution in [3.8, 4) is 0 Å². The molecular formula is C3H8N2O2. The van der Waals surface area contributed by atoms with Crippen molar-refractivity contribution in [2.24, 2.45) is 5.90 Å². The summed E-state index contributed by atoms with van der Waals surface area (Å²) < 4.78 is 0. The molecule has 0 radical (unpaired) electrons. The number of nitrogens with one attached hydrogen (secondary N) is 1. The Balaban J connectivity index is 2.56. The number of carbonyl (C=O) groups is 1. The maximum atomic E-state index is 9.47. The summed E-state index contributed by atoms with van der Waals surface area (Å²) in [5.74, 6) is 4.61. The van der Waals surface area contributed by atoms with E-state index in [1.807, 2.05) is 0 Å². The zero-order valence-electron chi connectivity index (χ0n) is 3.89. The number of nitrogens with two attached hydrogens (primary N) is 1. The summed E-state index contributed by atoms with van der Waals surface area (Å²) >= 11 is 0. The van der Waals surface area contributed by atoms with Crippen LogP contribution in [0.15, 0.2) is 0 Å². The Morgan fingerprint density at radius 2 is 2.57 bits per heavy atom. The molecule has 42 valence electrons. The Kier molecular flexibility index (Phi) is 4.92. The molecule has 4 heteroatoms. The average molecular weight is 104 g/mol. The maximum Gasteiger partial charge on any atom is 0.207 e. The molecule has 0 spiro atoms. The van der Waals surface area contributed by atoms with Crippen molar-refractivity contribution in [2.75, 3.05) is 13.2 Å². The zero-order chi connectivity index (χ0) is 5.54. The third-order valence-electron chi connectivity index (χ3n) is 0.448. The standard InChI is InChI=1S/C3H8N2O2/c4-7-2-1-5-3-6/h3H,1-2,4H2,(H,5,6). The van der Waals surface area contributed by atoms with E-state index in [1.54, 1.807) is 0 Å². The molecule has 0 atom stereocenters. The Morgan fingerprint density at radius 3 is 3.00 bits per heavy atom. The Hall–Kier alpha value is -0.610. The summed E-state index contributed by atoms with van der Waals surface area (Å²) in [6.07, 6.45) is 0.596. The lowest BCUT2D eigenvalue weighted by molar-refractivity contribution is -0.109. The van der Waals surface area contributed by atoms with Gasteiger partial charge in [0.1, 0.15) is 0 Å². The Morgan fingerprint density at radius 1 is 1.86 bits per heavy atom. The third-order valence-corrected chi connectivity index (χ3v) is 0.448. The largest absolute Gasteiger partial charge is 0.356 e. The van der Waals surface area contributed by atoms with Gasteiger partial charge in [-0.15, -0.1) is 0 Å². The first-order valence-electron chi connectivity index (χ1n) is 1.90. The van der Waals surface area contributed by atoms with Gasteiger partial charge in [0.2, 0.25) is 6.41 Å². The van der Waals surface area contributed by atoms with Crippen molar-refractivity contribution in [3.63, 3.8) is 0 Å². The van der Waals surface area contributed by atoms with E-state index in [-0.39, 0.29) is 0 Å². The van der Waals surface area contributed by atoms with Gasteiger partial charge in [-0.05, 0) is 0 Å². The van der Waals surface area contributed by atoms with Crippen LogP contribution in [-0.4, -0.2) is 19.6 Å². The van der Waals surface area contributed by atoms with E-state index in [0.29, 0.717) is 19.6 Å². The lowest BCUT2D eigenvalue weighted by Gasteiger charge is -1.92. The molecule has 0 rings (SSSR count). The topological polar surface area (TPSA) is 64.3 Å². The van der Waals surface area contributed by atoms with Crippen LogP contribution in [0.3, 0.4) is 0 Å². The number of hydrogen-bond acceptors (Lipinski definition) is 3. The summed E-state index contributed by atoms with van der Waals surface area (Å²) in [5, 5.41) is 2.36. The zero-order valence-corrected chi connectivity index (χ0v) is 3.89. The fraction of sp³-hybridized carbons (Fsp3) is 0.667. The van der Waals surface area contributed by atoms with Crippen LogP contribution in [0.5, 0.6) is 0 Å². The predicted octanol–water partition coefficient (Wildman–Crippen LogP) is -1.38. The van der Waals surface area contributed by atoms with Crippen LogP contribution < -0.4 is 11.2 Å². The lowest BCUT2D eigenvalue weighted by Crippen LogP contribution is -2.19. The van der Waals surface area contributed by atoms with Crippen LogP contribution in [0.25, 0.3) is 0 Å². The molecule has 0 aliphatic rings.